The molecule has 9 nitrogen and oxygen atoms in total. The molecule has 0 unspecified atom stereocenters. The van der Waals surface area contributed by atoms with Crippen LogP contribution in [0, 0.1) is 0 Å². The van der Waals surface area contributed by atoms with Gasteiger partial charge in [-0.2, -0.15) is 0 Å². The first kappa shape index (κ1) is 25.1. The van der Waals surface area contributed by atoms with Crippen molar-refractivity contribution in [1.82, 2.24) is 5.32 Å². The van der Waals surface area contributed by atoms with Crippen molar-refractivity contribution < 1.29 is 32.2 Å². The lowest BCUT2D eigenvalue weighted by Gasteiger charge is -2.23. The van der Waals surface area contributed by atoms with Crippen molar-refractivity contribution in [2.24, 2.45) is 0 Å². The number of amides is 1. The minimum atomic E-state index is -3.54. The van der Waals surface area contributed by atoms with Crippen LogP contribution in [-0.2, 0) is 14.8 Å². The lowest BCUT2D eigenvalue weighted by Crippen LogP contribution is -2.33. The fraction of sp³-hybridized carbons (Fsp3) is 0.409. The molecule has 2 aromatic rings. The van der Waals surface area contributed by atoms with E-state index in [-0.39, 0.29) is 18.9 Å². The van der Waals surface area contributed by atoms with Crippen LogP contribution in [0.2, 0.25) is 0 Å². The second-order valence-corrected chi connectivity index (χ2v) is 8.76. The molecule has 0 spiro atoms. The zero-order chi connectivity index (χ0) is 23.6. The number of hydrogen-bond acceptors (Lipinski definition) is 7. The molecule has 0 fully saturated rings. The van der Waals surface area contributed by atoms with Crippen LogP contribution in [0.1, 0.15) is 12.8 Å². The third-order valence-electron chi connectivity index (χ3n) is 4.55. The summed E-state index contributed by atoms with van der Waals surface area (Å²) >= 11 is 0. The average Bonchev–Trinajstić information content (AvgIpc) is 2.78. The summed E-state index contributed by atoms with van der Waals surface area (Å²) in [5.41, 5.74) is 0.442. The van der Waals surface area contributed by atoms with E-state index in [0.717, 1.165) is 6.26 Å². The maximum atomic E-state index is 12.3. The van der Waals surface area contributed by atoms with E-state index in [2.05, 4.69) is 5.32 Å². The molecule has 0 saturated heterocycles. The van der Waals surface area contributed by atoms with Gasteiger partial charge in [0, 0.05) is 25.1 Å². The van der Waals surface area contributed by atoms with E-state index in [4.69, 9.17) is 18.9 Å². The summed E-state index contributed by atoms with van der Waals surface area (Å²) in [5, 5.41) is 2.77. The van der Waals surface area contributed by atoms with Gasteiger partial charge in [-0.05, 0) is 30.7 Å². The minimum Gasteiger partial charge on any atom is -0.497 e. The molecule has 1 amide bonds. The van der Waals surface area contributed by atoms with Crippen molar-refractivity contribution >= 4 is 21.6 Å². The third kappa shape index (κ3) is 7.52. The Balaban J connectivity index is 1.83. The maximum Gasteiger partial charge on any atom is 0.232 e. The third-order valence-corrected chi connectivity index (χ3v) is 5.75. The molecular formula is C22H30N2O7S. The Morgan fingerprint density at radius 1 is 0.969 bits per heavy atom. The van der Waals surface area contributed by atoms with Crippen LogP contribution in [-0.4, -0.2) is 61.6 Å². The lowest BCUT2D eigenvalue weighted by molar-refractivity contribution is -0.121. The molecule has 0 heterocycles. The quantitative estimate of drug-likeness (QED) is 0.452. The normalized spacial score (nSPS) is 10.9. The van der Waals surface area contributed by atoms with Crippen LogP contribution in [0.5, 0.6) is 23.0 Å². The van der Waals surface area contributed by atoms with Crippen molar-refractivity contribution in [3.63, 3.8) is 0 Å². The van der Waals surface area contributed by atoms with Crippen LogP contribution < -0.4 is 28.6 Å². The van der Waals surface area contributed by atoms with Gasteiger partial charge >= 0.3 is 0 Å². The van der Waals surface area contributed by atoms with Gasteiger partial charge in [-0.15, -0.1) is 0 Å². The van der Waals surface area contributed by atoms with Crippen LogP contribution in [0.15, 0.2) is 42.5 Å². The van der Waals surface area contributed by atoms with Crippen molar-refractivity contribution in [1.29, 1.82) is 0 Å². The molecule has 0 aliphatic rings. The molecule has 0 radical (unpaired) electrons. The van der Waals surface area contributed by atoms with Gasteiger partial charge in [0.25, 0.3) is 0 Å². The maximum absolute atomic E-state index is 12.3. The van der Waals surface area contributed by atoms with Gasteiger partial charge in [0.05, 0.1) is 39.8 Å². The first-order valence-corrected chi connectivity index (χ1v) is 11.9. The Hall–Kier alpha value is -3.14. The highest BCUT2D eigenvalue weighted by atomic mass is 32.2. The molecule has 0 aromatic heterocycles. The number of carbonyl (C=O) groups is 1. The van der Waals surface area contributed by atoms with E-state index in [1.807, 2.05) is 12.1 Å². The molecule has 176 valence electrons. The van der Waals surface area contributed by atoms with Crippen molar-refractivity contribution in [3.05, 3.63) is 42.5 Å². The smallest absolute Gasteiger partial charge is 0.232 e. The molecule has 0 aliphatic heterocycles. The zero-order valence-electron chi connectivity index (χ0n) is 18.8. The number of sulfonamides is 1. The van der Waals surface area contributed by atoms with E-state index < -0.39 is 10.0 Å². The van der Waals surface area contributed by atoms with E-state index >= 15 is 0 Å². The number of benzene rings is 2. The number of nitrogens with zero attached hydrogens (tertiary/aromatic N) is 1. The molecule has 0 saturated carbocycles. The summed E-state index contributed by atoms with van der Waals surface area (Å²) in [6.45, 7) is 0.795. The summed E-state index contributed by atoms with van der Waals surface area (Å²) in [6, 6.07) is 12.1. The molecular weight excluding hydrogens is 436 g/mol. The highest BCUT2D eigenvalue weighted by Gasteiger charge is 2.19. The van der Waals surface area contributed by atoms with E-state index in [1.165, 1.54) is 18.5 Å². The number of carbonyl (C=O) groups excluding carboxylic acids is 1. The standard InChI is InChI=1S/C22H30N2O7S/c1-28-18-7-5-8-19(16-18)31-14-12-23-22(25)9-6-13-24(32(4,26)27)17-10-11-20(29-2)21(15-17)30-3/h5,7-8,10-11,15-16H,6,9,12-14H2,1-4H3,(H,23,25). The highest BCUT2D eigenvalue weighted by Crippen LogP contribution is 2.32. The summed E-state index contributed by atoms with van der Waals surface area (Å²) in [7, 11) is 1.02. The second kappa shape index (κ2) is 12.0. The first-order chi connectivity index (χ1) is 15.3. The number of rotatable bonds is 13. The van der Waals surface area contributed by atoms with E-state index in [0.29, 0.717) is 48.3 Å². The fourth-order valence-corrected chi connectivity index (χ4v) is 3.95. The summed E-state index contributed by atoms with van der Waals surface area (Å²) in [5.74, 6) is 2.08. The molecule has 0 aliphatic carbocycles. The second-order valence-electron chi connectivity index (χ2n) is 6.86. The molecule has 1 N–H and O–H groups in total. The Morgan fingerprint density at radius 2 is 1.69 bits per heavy atom. The van der Waals surface area contributed by atoms with Crippen molar-refractivity contribution in [2.45, 2.75) is 12.8 Å². The van der Waals surface area contributed by atoms with Crippen LogP contribution in [0.25, 0.3) is 0 Å². The van der Waals surface area contributed by atoms with Gasteiger partial charge in [-0.3, -0.25) is 9.10 Å². The monoisotopic (exact) mass is 466 g/mol. The lowest BCUT2D eigenvalue weighted by atomic mass is 10.2. The minimum absolute atomic E-state index is 0.155. The SMILES string of the molecule is COc1cccc(OCCNC(=O)CCCN(c2ccc(OC)c(OC)c2)S(C)(=O)=O)c1. The predicted molar refractivity (Wildman–Crippen MR) is 122 cm³/mol. The largest absolute Gasteiger partial charge is 0.497 e. The van der Waals surface area contributed by atoms with Crippen molar-refractivity contribution in [2.75, 3.05) is 51.6 Å². The van der Waals surface area contributed by atoms with Gasteiger partial charge < -0.3 is 24.3 Å². The highest BCUT2D eigenvalue weighted by molar-refractivity contribution is 7.92. The Kier molecular flexibility index (Phi) is 9.45. The number of anilines is 1. The summed E-state index contributed by atoms with van der Waals surface area (Å²) in [6.07, 6.45) is 1.65. The molecule has 0 bridgehead atoms. The van der Waals surface area contributed by atoms with Crippen LogP contribution in [0.4, 0.5) is 5.69 Å². The number of methoxy groups -OCH3 is 3. The predicted octanol–water partition coefficient (Wildman–Crippen LogP) is 2.45. The first-order valence-electron chi connectivity index (χ1n) is 10.0. The topological polar surface area (TPSA) is 103 Å². The van der Waals surface area contributed by atoms with E-state index in [9.17, 15) is 13.2 Å². The molecule has 2 rings (SSSR count). The molecule has 10 heteroatoms. The Labute approximate surface area is 189 Å². The van der Waals surface area contributed by atoms with Crippen LogP contribution in [0.3, 0.4) is 0 Å². The average molecular weight is 467 g/mol. The number of ether oxygens (including phenoxy) is 4. The molecule has 2 aromatic carbocycles. The number of hydrogen-bond donors (Lipinski definition) is 1. The molecule has 32 heavy (non-hydrogen) atoms. The van der Waals surface area contributed by atoms with Crippen LogP contribution >= 0.6 is 0 Å². The van der Waals surface area contributed by atoms with Gasteiger partial charge in [0.1, 0.15) is 18.1 Å². The number of nitrogens with one attached hydrogen (secondary N) is 1. The van der Waals surface area contributed by atoms with Gasteiger partial charge in [-0.1, -0.05) is 6.07 Å². The Morgan fingerprint density at radius 3 is 2.34 bits per heavy atom. The van der Waals surface area contributed by atoms with Gasteiger partial charge in [0.2, 0.25) is 15.9 Å². The molecule has 0 atom stereocenters. The van der Waals surface area contributed by atoms with Crippen molar-refractivity contribution in [3.8, 4) is 23.0 Å². The fourth-order valence-electron chi connectivity index (χ4n) is 2.99. The summed E-state index contributed by atoms with van der Waals surface area (Å²) < 4.78 is 47.0. The Bertz CT molecular complexity index is 996. The van der Waals surface area contributed by atoms with Gasteiger partial charge in [0.15, 0.2) is 11.5 Å². The summed E-state index contributed by atoms with van der Waals surface area (Å²) in [4.78, 5) is 12.1. The zero-order valence-corrected chi connectivity index (χ0v) is 19.6. The van der Waals surface area contributed by atoms with E-state index in [1.54, 1.807) is 37.4 Å². The van der Waals surface area contributed by atoms with Gasteiger partial charge in [-0.25, -0.2) is 8.42 Å².